The van der Waals surface area contributed by atoms with Crippen molar-refractivity contribution >= 4 is 5.91 Å². The maximum Gasteiger partial charge on any atom is 0.246 e. The SMILES string of the molecule is C=C(C)C(=O)NC12CC3CC(C1)C(O)(C3)C2. The summed E-state index contributed by atoms with van der Waals surface area (Å²) in [5.41, 5.74) is -0.0499. The Morgan fingerprint density at radius 2 is 2.19 bits per heavy atom. The molecular formula is C13H19NO2. The van der Waals surface area contributed by atoms with Gasteiger partial charge in [0.15, 0.2) is 0 Å². The largest absolute Gasteiger partial charge is 0.389 e. The molecule has 4 aliphatic carbocycles. The Labute approximate surface area is 95.9 Å². The molecule has 0 saturated heterocycles. The van der Waals surface area contributed by atoms with Crippen molar-refractivity contribution in [3.8, 4) is 0 Å². The molecule has 0 aromatic rings. The van der Waals surface area contributed by atoms with Crippen molar-refractivity contribution < 1.29 is 9.90 Å². The molecule has 3 nitrogen and oxygen atoms in total. The van der Waals surface area contributed by atoms with E-state index in [1.807, 2.05) is 0 Å². The van der Waals surface area contributed by atoms with Crippen LogP contribution in [0.15, 0.2) is 12.2 Å². The highest BCUT2D eigenvalue weighted by atomic mass is 16.3. The fraction of sp³-hybridized carbons (Fsp3) is 0.769. The fourth-order valence-corrected chi connectivity index (χ4v) is 4.35. The van der Waals surface area contributed by atoms with Gasteiger partial charge in [-0.2, -0.15) is 0 Å². The van der Waals surface area contributed by atoms with Gasteiger partial charge >= 0.3 is 0 Å². The van der Waals surface area contributed by atoms with Crippen LogP contribution in [0.5, 0.6) is 0 Å². The Morgan fingerprint density at radius 1 is 1.44 bits per heavy atom. The zero-order valence-electron chi connectivity index (χ0n) is 9.75. The average molecular weight is 221 g/mol. The standard InChI is InChI=1S/C13H19NO2/c1-8(2)11(15)14-12-4-9-3-10(6-12)13(16,5-9)7-12/h9-10,16H,1,3-7H2,2H3,(H,14,15). The summed E-state index contributed by atoms with van der Waals surface area (Å²) in [5, 5.41) is 13.6. The lowest BCUT2D eigenvalue weighted by Gasteiger charge is -2.40. The lowest BCUT2D eigenvalue weighted by atomic mass is 9.75. The van der Waals surface area contributed by atoms with Crippen LogP contribution in [0.25, 0.3) is 0 Å². The number of hydrogen-bond donors (Lipinski definition) is 2. The van der Waals surface area contributed by atoms with Crippen LogP contribution in [0.2, 0.25) is 0 Å². The van der Waals surface area contributed by atoms with Gasteiger partial charge in [-0.3, -0.25) is 4.79 Å². The smallest absolute Gasteiger partial charge is 0.246 e. The van der Waals surface area contributed by atoms with Crippen LogP contribution < -0.4 is 5.32 Å². The normalized spacial score (nSPS) is 48.4. The fourth-order valence-electron chi connectivity index (χ4n) is 4.35. The molecule has 4 bridgehead atoms. The summed E-state index contributed by atoms with van der Waals surface area (Å²) in [4.78, 5) is 11.7. The Bertz CT molecular complexity index is 378. The molecule has 16 heavy (non-hydrogen) atoms. The van der Waals surface area contributed by atoms with Gasteiger partial charge in [0.05, 0.1) is 5.60 Å². The van der Waals surface area contributed by atoms with E-state index in [2.05, 4.69) is 11.9 Å². The van der Waals surface area contributed by atoms with E-state index >= 15 is 0 Å². The molecule has 1 amide bonds. The van der Waals surface area contributed by atoms with Crippen LogP contribution in [0, 0.1) is 11.8 Å². The van der Waals surface area contributed by atoms with E-state index in [4.69, 9.17) is 0 Å². The molecule has 2 N–H and O–H groups in total. The summed E-state index contributed by atoms with van der Waals surface area (Å²) in [7, 11) is 0. The van der Waals surface area contributed by atoms with Crippen LogP contribution in [0.3, 0.4) is 0 Å². The number of amides is 1. The second-order valence-electron chi connectivity index (χ2n) is 6.21. The molecule has 4 unspecified atom stereocenters. The van der Waals surface area contributed by atoms with Gasteiger partial charge in [-0.05, 0) is 50.9 Å². The number of carbonyl (C=O) groups is 1. The lowest BCUT2D eigenvalue weighted by Crippen LogP contribution is -2.52. The van der Waals surface area contributed by atoms with E-state index in [0.717, 1.165) is 32.1 Å². The second kappa shape index (κ2) is 2.89. The molecule has 4 rings (SSSR count). The first kappa shape index (κ1) is 10.3. The van der Waals surface area contributed by atoms with Gasteiger partial charge in [-0.15, -0.1) is 0 Å². The molecule has 0 spiro atoms. The second-order valence-corrected chi connectivity index (χ2v) is 6.21. The molecule has 0 aromatic heterocycles. The summed E-state index contributed by atoms with van der Waals surface area (Å²) < 4.78 is 0. The van der Waals surface area contributed by atoms with Gasteiger partial charge in [0.2, 0.25) is 5.91 Å². The predicted molar refractivity (Wildman–Crippen MR) is 60.7 cm³/mol. The number of rotatable bonds is 2. The average Bonchev–Trinajstić information content (AvgIpc) is 2.46. The quantitative estimate of drug-likeness (QED) is 0.692. The summed E-state index contributed by atoms with van der Waals surface area (Å²) in [6, 6.07) is 0. The van der Waals surface area contributed by atoms with Crippen molar-refractivity contribution in [2.45, 2.75) is 50.2 Å². The van der Waals surface area contributed by atoms with Crippen LogP contribution >= 0.6 is 0 Å². The van der Waals surface area contributed by atoms with E-state index in [-0.39, 0.29) is 11.4 Å². The highest BCUT2D eigenvalue weighted by Gasteiger charge is 2.63. The molecule has 0 aromatic carbocycles. The van der Waals surface area contributed by atoms with Crippen molar-refractivity contribution in [1.82, 2.24) is 5.32 Å². The van der Waals surface area contributed by atoms with Crippen molar-refractivity contribution in [1.29, 1.82) is 0 Å². The monoisotopic (exact) mass is 221 g/mol. The summed E-state index contributed by atoms with van der Waals surface area (Å²) in [6.45, 7) is 5.41. The molecule has 4 fully saturated rings. The van der Waals surface area contributed by atoms with Crippen molar-refractivity contribution in [3.63, 3.8) is 0 Å². The Balaban J connectivity index is 1.82. The van der Waals surface area contributed by atoms with Gasteiger partial charge < -0.3 is 10.4 Å². The van der Waals surface area contributed by atoms with Gasteiger partial charge in [0.25, 0.3) is 0 Å². The topological polar surface area (TPSA) is 49.3 Å². The van der Waals surface area contributed by atoms with E-state index in [1.165, 1.54) is 0 Å². The van der Waals surface area contributed by atoms with Gasteiger partial charge in [0, 0.05) is 11.1 Å². The maximum absolute atomic E-state index is 11.7. The third-order valence-electron chi connectivity index (χ3n) is 4.75. The van der Waals surface area contributed by atoms with E-state index in [0.29, 0.717) is 17.4 Å². The molecule has 0 aliphatic heterocycles. The minimum Gasteiger partial charge on any atom is -0.389 e. The number of carbonyl (C=O) groups excluding carboxylic acids is 1. The molecule has 0 radical (unpaired) electrons. The van der Waals surface area contributed by atoms with Crippen molar-refractivity contribution in [2.24, 2.45) is 11.8 Å². The lowest BCUT2D eigenvalue weighted by molar-refractivity contribution is -0.120. The predicted octanol–water partition coefficient (Wildman–Crippen LogP) is 1.37. The molecule has 3 heteroatoms. The zero-order chi connectivity index (χ0) is 11.6. The molecule has 4 atom stereocenters. The molecular weight excluding hydrogens is 202 g/mol. The van der Waals surface area contributed by atoms with Crippen molar-refractivity contribution in [2.75, 3.05) is 0 Å². The molecule has 4 saturated carbocycles. The van der Waals surface area contributed by atoms with Gasteiger partial charge in [-0.1, -0.05) is 6.58 Å². The van der Waals surface area contributed by atoms with Crippen LogP contribution in [-0.2, 0) is 4.79 Å². The van der Waals surface area contributed by atoms with Crippen molar-refractivity contribution in [3.05, 3.63) is 12.2 Å². The van der Waals surface area contributed by atoms with Crippen LogP contribution in [0.1, 0.15) is 39.0 Å². The van der Waals surface area contributed by atoms with E-state index in [1.54, 1.807) is 6.92 Å². The maximum atomic E-state index is 11.7. The van der Waals surface area contributed by atoms with Gasteiger partial charge in [0.1, 0.15) is 0 Å². The molecule has 0 heterocycles. The Kier molecular flexibility index (Phi) is 1.87. The minimum absolute atomic E-state index is 0.0504. The summed E-state index contributed by atoms with van der Waals surface area (Å²) in [5.74, 6) is 0.977. The molecule has 4 aliphatic rings. The molecule has 88 valence electrons. The number of nitrogens with one attached hydrogen (secondary N) is 1. The van der Waals surface area contributed by atoms with Crippen LogP contribution in [-0.4, -0.2) is 22.2 Å². The van der Waals surface area contributed by atoms with Gasteiger partial charge in [-0.25, -0.2) is 0 Å². The first-order valence-corrected chi connectivity index (χ1v) is 6.13. The third kappa shape index (κ3) is 1.27. The Morgan fingerprint density at radius 3 is 2.75 bits per heavy atom. The number of hydrogen-bond acceptors (Lipinski definition) is 2. The first-order chi connectivity index (χ1) is 7.42. The Hall–Kier alpha value is -0.830. The highest BCUT2D eigenvalue weighted by molar-refractivity contribution is 5.92. The minimum atomic E-state index is -0.481. The van der Waals surface area contributed by atoms with E-state index in [9.17, 15) is 9.90 Å². The highest BCUT2D eigenvalue weighted by Crippen LogP contribution is 2.62. The third-order valence-corrected chi connectivity index (χ3v) is 4.75. The van der Waals surface area contributed by atoms with E-state index < -0.39 is 5.60 Å². The summed E-state index contributed by atoms with van der Waals surface area (Å²) in [6.07, 6.45) is 4.85. The first-order valence-electron chi connectivity index (χ1n) is 6.13. The number of aliphatic hydroxyl groups is 1. The summed E-state index contributed by atoms with van der Waals surface area (Å²) >= 11 is 0. The van der Waals surface area contributed by atoms with Crippen LogP contribution in [0.4, 0.5) is 0 Å². The zero-order valence-corrected chi connectivity index (χ0v) is 9.75.